The van der Waals surface area contributed by atoms with Gasteiger partial charge in [0, 0.05) is 73.1 Å². The van der Waals surface area contributed by atoms with E-state index in [4.69, 9.17) is 45.2 Å². The number of aliphatic hydroxyl groups is 2. The number of hydrogen-bond acceptors (Lipinski definition) is 21. The van der Waals surface area contributed by atoms with Crippen molar-refractivity contribution in [2.45, 2.75) is 221 Å². The summed E-state index contributed by atoms with van der Waals surface area (Å²) in [5, 5.41) is 90.5. The summed E-state index contributed by atoms with van der Waals surface area (Å²) in [5.41, 5.74) is 37.8. The Labute approximate surface area is 684 Å². The van der Waals surface area contributed by atoms with Crippen LogP contribution in [0.2, 0.25) is 0 Å². The molecule has 1 aliphatic heterocycles. The number of fused-ring (bicyclic) bond motifs is 2. The summed E-state index contributed by atoms with van der Waals surface area (Å²) >= 11 is 0. The molecule has 11 amide bonds. The van der Waals surface area contributed by atoms with Gasteiger partial charge >= 0.3 is 5.97 Å². The van der Waals surface area contributed by atoms with Gasteiger partial charge in [-0.25, -0.2) is 4.79 Å². The lowest BCUT2D eigenvalue weighted by atomic mass is 10.00. The number of benzene rings is 3. The number of likely N-dealkylation sites (tertiary alicyclic amines) is 1. The Morgan fingerprint density at radius 2 is 0.873 bits per heavy atom. The van der Waals surface area contributed by atoms with Crippen LogP contribution in [0.4, 0.5) is 0 Å². The van der Waals surface area contributed by atoms with Crippen LogP contribution in [0.25, 0.3) is 21.8 Å². The number of nitrogens with one attached hydrogen (secondary N) is 16. The second kappa shape index (κ2) is 48.9. The second-order valence-corrected chi connectivity index (χ2v) is 30.0. The first kappa shape index (κ1) is 95.3. The molecule has 648 valence electrons. The number of guanidine groups is 2. The fourth-order valence-corrected chi connectivity index (χ4v) is 13.8. The summed E-state index contributed by atoms with van der Waals surface area (Å²) in [6, 6.07) is 2.50. The number of carbonyl (C=O) groups excluding carboxylic acids is 11. The molecule has 1 fully saturated rings. The van der Waals surface area contributed by atoms with E-state index in [1.54, 1.807) is 32.3 Å². The Kier molecular flexibility index (Phi) is 39.5. The fraction of sp³-hybridized carbons (Fsp3) is 0.544. The minimum atomic E-state index is -1.89. The maximum Gasteiger partial charge on any atom is 0.326 e. The molecule has 0 spiro atoms. The van der Waals surface area contributed by atoms with Crippen LogP contribution in [0.5, 0.6) is 5.75 Å². The number of phenolic OH excluding ortho intramolecular Hbond substituents is 1. The number of carbonyl (C=O) groups is 12. The molecule has 0 radical (unpaired) electrons. The lowest BCUT2D eigenvalue weighted by molar-refractivity contribution is -0.149. The van der Waals surface area contributed by atoms with Crippen molar-refractivity contribution in [2.24, 2.45) is 40.3 Å². The lowest BCUT2D eigenvalue weighted by Crippen LogP contribution is -2.62. The van der Waals surface area contributed by atoms with Gasteiger partial charge in [0.25, 0.3) is 0 Å². The van der Waals surface area contributed by atoms with Crippen LogP contribution < -0.4 is 98.2 Å². The van der Waals surface area contributed by atoms with Crippen molar-refractivity contribution in [3.8, 4) is 5.75 Å². The zero-order valence-corrected chi connectivity index (χ0v) is 67.1. The van der Waals surface area contributed by atoms with Crippen LogP contribution in [-0.2, 0) is 76.8 Å². The van der Waals surface area contributed by atoms with Gasteiger partial charge in [-0.2, -0.15) is 0 Å². The van der Waals surface area contributed by atoms with Crippen molar-refractivity contribution < 1.29 is 78.0 Å². The molecule has 0 bridgehead atoms. The molecule has 39 nitrogen and oxygen atoms in total. The number of phenols is 1. The number of aromatic nitrogens is 2. The van der Waals surface area contributed by atoms with Crippen LogP contribution >= 0.6 is 0 Å². The highest BCUT2D eigenvalue weighted by Gasteiger charge is 2.41. The maximum absolute atomic E-state index is 15.2. The number of H-pyrrole nitrogens is 2. The molecule has 3 aromatic carbocycles. The quantitative estimate of drug-likeness (QED) is 0.0105. The van der Waals surface area contributed by atoms with E-state index in [0.29, 0.717) is 59.7 Å². The van der Waals surface area contributed by atoms with Gasteiger partial charge in [-0.3, -0.25) is 63.6 Å². The zero-order chi connectivity index (χ0) is 86.5. The number of aromatic amines is 2. The molecule has 0 unspecified atom stereocenters. The van der Waals surface area contributed by atoms with Crippen molar-refractivity contribution >= 4 is 105 Å². The van der Waals surface area contributed by atoms with E-state index in [1.165, 1.54) is 29.2 Å². The highest BCUT2D eigenvalue weighted by Crippen LogP contribution is 2.25. The van der Waals surface area contributed by atoms with Crippen molar-refractivity contribution in [1.29, 1.82) is 10.8 Å². The van der Waals surface area contributed by atoms with Gasteiger partial charge < -0.3 is 133 Å². The molecule has 0 saturated carbocycles. The number of rotatable bonds is 52. The number of nitrogens with two attached hydrogens (primary N) is 6. The van der Waals surface area contributed by atoms with Crippen LogP contribution in [0, 0.1) is 16.7 Å². The maximum atomic E-state index is 15.2. The number of nitrogens with zero attached hydrogens (tertiary/aromatic N) is 1. The molecule has 39 heteroatoms. The molecular weight excluding hydrogens is 1530 g/mol. The predicted molar refractivity (Wildman–Crippen MR) is 441 cm³/mol. The van der Waals surface area contributed by atoms with Crippen molar-refractivity contribution in [3.05, 3.63) is 102 Å². The van der Waals surface area contributed by atoms with Gasteiger partial charge in [-0.1, -0.05) is 62.4 Å². The molecule has 1 aliphatic rings. The third-order valence-electron chi connectivity index (χ3n) is 20.2. The molecular formula is C79H121N23O16. The summed E-state index contributed by atoms with van der Waals surface area (Å²) in [4.78, 5) is 180. The number of carboxylic acid groups (broad SMARTS) is 1. The first-order valence-electron chi connectivity index (χ1n) is 40.1. The summed E-state index contributed by atoms with van der Waals surface area (Å²) in [5.74, 6) is -12.3. The first-order valence-corrected chi connectivity index (χ1v) is 40.1. The van der Waals surface area contributed by atoms with Gasteiger partial charge in [0.05, 0.1) is 18.8 Å². The number of carboxylic acids is 1. The molecule has 13 atom stereocenters. The van der Waals surface area contributed by atoms with Crippen LogP contribution in [-0.4, -0.2) is 243 Å². The van der Waals surface area contributed by atoms with Crippen molar-refractivity contribution in [1.82, 2.24) is 78.7 Å². The SMILES string of the molecule is CC(C)C[C@H](NC(=O)[C@H](CCCNC(=N)N)NC(=O)[C@@H](N)CCCNC(=N)N)C(=O)N[C@@H](CO)C(=O)N[C@@H](Cc1ccc(O)cc1)C(=O)N[C@H](C(=O)N[C@@H](CCCCN)C(=O)N[C@@H](CCCCN)C(=O)N[C@@H](CCCCN)C(=O)N[C@@H](Cc1c[nH]c2ccccc12)C(=O)N[C@@H](Cc1c[nH]c2ccccc12)C(=O)N1CCC[C@H]1C(=O)O)[C@@H](C)O. The topological polar surface area (TPSA) is 669 Å². The van der Waals surface area contributed by atoms with Crippen molar-refractivity contribution in [3.63, 3.8) is 0 Å². The van der Waals surface area contributed by atoms with E-state index in [1.807, 2.05) is 42.5 Å². The monoisotopic (exact) mass is 1650 g/mol. The molecule has 5 aromatic rings. The third kappa shape index (κ3) is 30.5. The minimum absolute atomic E-state index is 0.0334. The number of hydrogen-bond donors (Lipinski definition) is 26. The van der Waals surface area contributed by atoms with Crippen LogP contribution in [0.1, 0.15) is 140 Å². The van der Waals surface area contributed by atoms with Gasteiger partial charge in [0.1, 0.15) is 72.2 Å². The Morgan fingerprint density at radius 3 is 1.34 bits per heavy atom. The first-order chi connectivity index (χ1) is 56.4. The van der Waals surface area contributed by atoms with E-state index in [-0.39, 0.29) is 153 Å². The fourth-order valence-electron chi connectivity index (χ4n) is 13.8. The molecule has 3 heterocycles. The summed E-state index contributed by atoms with van der Waals surface area (Å²) < 4.78 is 0. The highest BCUT2D eigenvalue weighted by molar-refractivity contribution is 6.00. The molecule has 1 saturated heterocycles. The average molecular weight is 1650 g/mol. The normalized spacial score (nSPS) is 15.7. The number of aliphatic carboxylic acids is 1. The number of para-hydroxylation sites is 2. The van der Waals surface area contributed by atoms with Crippen LogP contribution in [0.15, 0.2) is 85.2 Å². The molecule has 32 N–H and O–H groups in total. The Bertz CT molecular complexity index is 4180. The van der Waals surface area contributed by atoms with E-state index >= 15 is 9.59 Å². The number of aromatic hydroxyl groups is 1. The third-order valence-corrected chi connectivity index (χ3v) is 20.2. The molecule has 2 aromatic heterocycles. The smallest absolute Gasteiger partial charge is 0.326 e. The number of unbranched alkanes of at least 4 members (excludes halogenated alkanes) is 3. The largest absolute Gasteiger partial charge is 0.508 e. The van der Waals surface area contributed by atoms with Crippen LogP contribution in [0.3, 0.4) is 0 Å². The standard InChI is InChI=1S/C79H121N23O16/c1-44(2)37-59(96-70(110)58(25-15-35-89-79(86)87)92-66(106)52(83)19-14-34-88-78(84)85)71(111)100-63(43-103)74(114)97-60(38-46-27-29-49(105)30-28-46)73(113)101-65(45(3)104)75(115)95-57(24-10-13-33-82)68(108)93-55(22-8-11-31-80)67(107)94-56(23-9-12-32-81)69(109)98-61(39-47-41-90-53-20-6-4-17-50(47)53)72(112)99-62(76(116)102-36-16-26-64(102)77(117)118)40-48-42-91-54-21-7-5-18-51(48)54/h4-7,17-18,20-21,27-30,41-42,44-45,52,55-65,90-91,103-105H,8-16,19,22-26,31-40,43,80-83H2,1-3H3,(H,92,106)(H,93,108)(H,94,107)(H,95,115)(H,96,110)(H,97,114)(H,98,109)(H,99,112)(H,100,111)(H,101,113)(H,117,118)(H4,84,85,88)(H4,86,87,89)/t45-,52+,55+,56+,57+,58+,59+,60+,61+,62+,63+,64+,65+/m1/s1. The minimum Gasteiger partial charge on any atom is -0.508 e. The van der Waals surface area contributed by atoms with Crippen molar-refractivity contribution in [2.75, 3.05) is 45.9 Å². The van der Waals surface area contributed by atoms with E-state index in [2.05, 4.69) is 73.8 Å². The molecule has 118 heavy (non-hydrogen) atoms. The highest BCUT2D eigenvalue weighted by atomic mass is 16.4. The number of aliphatic hydroxyl groups excluding tert-OH is 2. The predicted octanol–water partition coefficient (Wildman–Crippen LogP) is -3.03. The van der Waals surface area contributed by atoms with E-state index in [9.17, 15) is 68.4 Å². The summed E-state index contributed by atoms with van der Waals surface area (Å²) in [7, 11) is 0. The van der Waals surface area contributed by atoms with E-state index < -0.39 is 156 Å². The average Bonchev–Trinajstić information content (AvgIpc) is 1.65. The molecule has 6 rings (SSSR count). The molecule has 0 aliphatic carbocycles. The van der Waals surface area contributed by atoms with Gasteiger partial charge in [-0.15, -0.1) is 0 Å². The second-order valence-electron chi connectivity index (χ2n) is 30.0. The van der Waals surface area contributed by atoms with E-state index in [0.717, 1.165) is 17.8 Å². The van der Waals surface area contributed by atoms with Gasteiger partial charge in [0.15, 0.2) is 11.9 Å². The Balaban J connectivity index is 1.23. The Hall–Kier alpha value is -11.5. The number of amides is 11. The zero-order valence-electron chi connectivity index (χ0n) is 67.1. The summed E-state index contributed by atoms with van der Waals surface area (Å²) in [6.07, 6.45) is 3.87. The Morgan fingerprint density at radius 1 is 0.483 bits per heavy atom. The summed E-state index contributed by atoms with van der Waals surface area (Å²) in [6.45, 7) is 4.57. The van der Waals surface area contributed by atoms with Gasteiger partial charge in [-0.05, 0) is 176 Å². The lowest BCUT2D eigenvalue weighted by Gasteiger charge is -2.30. The van der Waals surface area contributed by atoms with Gasteiger partial charge in [0.2, 0.25) is 65.0 Å².